The van der Waals surface area contributed by atoms with E-state index >= 15 is 0 Å². The molecule has 2 heterocycles. The maximum absolute atomic E-state index is 13.6. The van der Waals surface area contributed by atoms with E-state index in [1.54, 1.807) is 24.3 Å². The molecule has 0 radical (unpaired) electrons. The number of rotatable bonds is 6. The molecule has 0 fully saturated rings. The summed E-state index contributed by atoms with van der Waals surface area (Å²) in [4.78, 5) is 18.2. The van der Waals surface area contributed by atoms with Crippen LogP contribution in [0.25, 0.3) is 10.2 Å². The molecule has 0 aliphatic carbocycles. The molecule has 180 valence electrons. The van der Waals surface area contributed by atoms with E-state index in [0.29, 0.717) is 11.7 Å². The number of amides is 1. The SMILES string of the molecule is CCOc1ccc2nc(NC(=O)[C@H]3Cc4ccccc4CN3S(=O)(=O)c3ccc(C)cc3)sc2c1. The lowest BCUT2D eigenvalue weighted by molar-refractivity contribution is -0.120. The number of nitrogens with zero attached hydrogens (tertiary/aromatic N) is 2. The molecule has 1 amide bonds. The van der Waals surface area contributed by atoms with Crippen LogP contribution in [0.2, 0.25) is 0 Å². The molecule has 5 rings (SSSR count). The molecule has 3 aromatic carbocycles. The van der Waals surface area contributed by atoms with Crippen molar-refractivity contribution >= 4 is 42.6 Å². The topological polar surface area (TPSA) is 88.6 Å². The summed E-state index contributed by atoms with van der Waals surface area (Å²) in [6.45, 7) is 4.50. The summed E-state index contributed by atoms with van der Waals surface area (Å²) < 4.78 is 35.0. The maximum atomic E-state index is 13.6. The Labute approximate surface area is 208 Å². The van der Waals surface area contributed by atoms with E-state index in [1.807, 2.05) is 56.3 Å². The number of sulfonamides is 1. The van der Waals surface area contributed by atoms with Gasteiger partial charge in [-0.1, -0.05) is 53.3 Å². The van der Waals surface area contributed by atoms with Gasteiger partial charge in [-0.2, -0.15) is 4.31 Å². The molecule has 0 saturated carbocycles. The molecule has 1 aliphatic heterocycles. The van der Waals surface area contributed by atoms with Crippen LogP contribution in [0.1, 0.15) is 23.6 Å². The van der Waals surface area contributed by atoms with Crippen LogP contribution in [0.15, 0.2) is 71.6 Å². The standard InChI is InChI=1S/C26H25N3O4S2/c1-3-33-20-10-13-22-24(15-20)34-26(27-22)28-25(30)23-14-18-6-4-5-7-19(18)16-29(23)35(31,32)21-11-8-17(2)9-12-21/h4-13,15,23H,3,14,16H2,1-2H3,(H,27,28,30)/t23-/m1/s1. The molecular formula is C26H25N3O4S2. The number of hydrogen-bond donors (Lipinski definition) is 1. The lowest BCUT2D eigenvalue weighted by Gasteiger charge is -2.34. The van der Waals surface area contributed by atoms with Gasteiger partial charge in [0.1, 0.15) is 11.8 Å². The second-order valence-electron chi connectivity index (χ2n) is 8.42. The Morgan fingerprint density at radius 2 is 1.86 bits per heavy atom. The highest BCUT2D eigenvalue weighted by molar-refractivity contribution is 7.89. The largest absolute Gasteiger partial charge is 0.494 e. The lowest BCUT2D eigenvalue weighted by atomic mass is 9.95. The molecular weight excluding hydrogens is 482 g/mol. The molecule has 1 aromatic heterocycles. The maximum Gasteiger partial charge on any atom is 0.244 e. The van der Waals surface area contributed by atoms with Gasteiger partial charge in [-0.25, -0.2) is 13.4 Å². The summed E-state index contributed by atoms with van der Waals surface area (Å²) in [5.41, 5.74) is 3.57. The van der Waals surface area contributed by atoms with Crippen molar-refractivity contribution in [3.05, 3.63) is 83.4 Å². The lowest BCUT2D eigenvalue weighted by Crippen LogP contribution is -2.50. The second-order valence-corrected chi connectivity index (χ2v) is 11.3. The first-order chi connectivity index (χ1) is 16.8. The predicted octanol–water partition coefficient (Wildman–Crippen LogP) is 4.76. The third kappa shape index (κ3) is 4.67. The average molecular weight is 508 g/mol. The summed E-state index contributed by atoms with van der Waals surface area (Å²) in [6.07, 6.45) is 0.284. The first kappa shape index (κ1) is 23.5. The van der Waals surface area contributed by atoms with Gasteiger partial charge in [0.2, 0.25) is 15.9 Å². The number of thiazole rings is 1. The number of carbonyl (C=O) groups excluding carboxylic acids is 1. The molecule has 1 atom stereocenters. The van der Waals surface area contributed by atoms with Gasteiger partial charge < -0.3 is 10.1 Å². The summed E-state index contributed by atoms with van der Waals surface area (Å²) in [7, 11) is -3.91. The van der Waals surface area contributed by atoms with Gasteiger partial charge in [-0.15, -0.1) is 0 Å². The number of anilines is 1. The van der Waals surface area contributed by atoms with Crippen LogP contribution in [0.3, 0.4) is 0 Å². The quantitative estimate of drug-likeness (QED) is 0.407. The fourth-order valence-corrected chi connectivity index (χ4v) is 6.69. The van der Waals surface area contributed by atoms with Gasteiger partial charge >= 0.3 is 0 Å². The van der Waals surface area contributed by atoms with Gasteiger partial charge in [0.05, 0.1) is 21.7 Å². The van der Waals surface area contributed by atoms with Crippen LogP contribution in [0, 0.1) is 6.92 Å². The molecule has 4 aromatic rings. The van der Waals surface area contributed by atoms with Crippen molar-refractivity contribution in [1.29, 1.82) is 0 Å². The normalized spacial score (nSPS) is 16.1. The highest BCUT2D eigenvalue weighted by Gasteiger charge is 2.39. The Morgan fingerprint density at radius 1 is 1.11 bits per heavy atom. The number of aryl methyl sites for hydroxylation is 1. The highest BCUT2D eigenvalue weighted by atomic mass is 32.2. The minimum atomic E-state index is -3.91. The van der Waals surface area contributed by atoms with Crippen molar-refractivity contribution in [3.63, 3.8) is 0 Å². The van der Waals surface area contributed by atoms with E-state index in [9.17, 15) is 13.2 Å². The van der Waals surface area contributed by atoms with Crippen molar-refractivity contribution in [2.45, 2.75) is 37.8 Å². The summed E-state index contributed by atoms with van der Waals surface area (Å²) in [5, 5.41) is 3.29. The van der Waals surface area contributed by atoms with Crippen LogP contribution < -0.4 is 10.1 Å². The van der Waals surface area contributed by atoms with E-state index in [-0.39, 0.29) is 17.9 Å². The fraction of sp³-hybridized carbons (Fsp3) is 0.231. The number of carbonyl (C=O) groups is 1. The van der Waals surface area contributed by atoms with Gasteiger partial charge in [-0.3, -0.25) is 4.79 Å². The van der Waals surface area contributed by atoms with Crippen LogP contribution in [-0.2, 0) is 27.8 Å². The van der Waals surface area contributed by atoms with E-state index in [4.69, 9.17) is 4.74 Å². The first-order valence-electron chi connectivity index (χ1n) is 11.3. The number of ether oxygens (including phenoxy) is 1. The van der Waals surface area contributed by atoms with E-state index < -0.39 is 22.0 Å². The smallest absolute Gasteiger partial charge is 0.244 e. The van der Waals surface area contributed by atoms with Gasteiger partial charge in [-0.05, 0) is 61.7 Å². The third-order valence-electron chi connectivity index (χ3n) is 6.04. The number of benzene rings is 3. The monoisotopic (exact) mass is 507 g/mol. The third-order valence-corrected chi connectivity index (χ3v) is 8.84. The van der Waals surface area contributed by atoms with Crippen molar-refractivity contribution in [1.82, 2.24) is 9.29 Å². The predicted molar refractivity (Wildman–Crippen MR) is 137 cm³/mol. The molecule has 0 unspecified atom stereocenters. The van der Waals surface area contributed by atoms with E-state index in [2.05, 4.69) is 10.3 Å². The number of aromatic nitrogens is 1. The molecule has 35 heavy (non-hydrogen) atoms. The van der Waals surface area contributed by atoms with Crippen molar-refractivity contribution in [2.24, 2.45) is 0 Å². The molecule has 0 saturated heterocycles. The Kier molecular flexibility index (Phi) is 6.31. The highest BCUT2D eigenvalue weighted by Crippen LogP contribution is 2.32. The Hall–Kier alpha value is -3.27. The number of hydrogen-bond acceptors (Lipinski definition) is 6. The van der Waals surface area contributed by atoms with Gasteiger partial charge in [0, 0.05) is 6.54 Å². The molecule has 1 N–H and O–H groups in total. The van der Waals surface area contributed by atoms with Crippen molar-refractivity contribution < 1.29 is 17.9 Å². The molecule has 0 spiro atoms. The fourth-order valence-electron chi connectivity index (χ4n) is 4.22. The van der Waals surface area contributed by atoms with Crippen LogP contribution in [0.4, 0.5) is 5.13 Å². The Bertz CT molecular complexity index is 1500. The van der Waals surface area contributed by atoms with E-state index in [1.165, 1.54) is 15.6 Å². The van der Waals surface area contributed by atoms with Gasteiger partial charge in [0.25, 0.3) is 0 Å². The second kappa shape index (κ2) is 9.41. The van der Waals surface area contributed by atoms with Gasteiger partial charge in [0.15, 0.2) is 5.13 Å². The van der Waals surface area contributed by atoms with Crippen LogP contribution >= 0.6 is 11.3 Å². The first-order valence-corrected chi connectivity index (χ1v) is 13.6. The zero-order chi connectivity index (χ0) is 24.6. The van der Waals surface area contributed by atoms with E-state index in [0.717, 1.165) is 32.7 Å². The zero-order valence-electron chi connectivity index (χ0n) is 19.4. The molecule has 7 nitrogen and oxygen atoms in total. The summed E-state index contributed by atoms with van der Waals surface area (Å²) in [5.74, 6) is 0.333. The molecule has 1 aliphatic rings. The van der Waals surface area contributed by atoms with Crippen LogP contribution in [0.5, 0.6) is 5.75 Å². The van der Waals surface area contributed by atoms with Crippen LogP contribution in [-0.4, -0.2) is 36.3 Å². The van der Waals surface area contributed by atoms with Crippen molar-refractivity contribution in [2.75, 3.05) is 11.9 Å². The minimum absolute atomic E-state index is 0.127. The molecule has 0 bridgehead atoms. The van der Waals surface area contributed by atoms with Crippen molar-refractivity contribution in [3.8, 4) is 5.75 Å². The molecule has 9 heteroatoms. The average Bonchev–Trinajstić information content (AvgIpc) is 3.25. The minimum Gasteiger partial charge on any atom is -0.494 e. The summed E-state index contributed by atoms with van der Waals surface area (Å²) in [6, 6.07) is 19.0. The Morgan fingerprint density at radius 3 is 2.60 bits per heavy atom. The number of fused-ring (bicyclic) bond motifs is 2. The Balaban J connectivity index is 1.47. The number of nitrogens with one attached hydrogen (secondary N) is 1. The summed E-state index contributed by atoms with van der Waals surface area (Å²) >= 11 is 1.33. The zero-order valence-corrected chi connectivity index (χ0v) is 21.0.